The third-order valence-electron chi connectivity index (χ3n) is 3.27. The van der Waals surface area contributed by atoms with E-state index in [0.29, 0.717) is 32.0 Å². The topological polar surface area (TPSA) is 78.9 Å². The number of aliphatic carboxylic acids is 1. The van der Waals surface area contributed by atoms with Crippen molar-refractivity contribution in [2.45, 2.75) is 12.5 Å². The van der Waals surface area contributed by atoms with Crippen molar-refractivity contribution in [2.75, 3.05) is 26.2 Å². The van der Waals surface area contributed by atoms with Gasteiger partial charge < -0.3 is 15.2 Å². The van der Waals surface area contributed by atoms with Crippen LogP contribution in [0.15, 0.2) is 24.3 Å². The number of amides is 1. The standard InChI is InChI=1S/C14H17FN2O4/c15-10-1-3-11(4-2-10)21-8-7-17-6-5-16-14(20)12(17)9-13(18)19/h1-4,12H,5-9H2,(H,16,20)(H,18,19). The molecule has 0 aromatic heterocycles. The molecule has 0 saturated carbocycles. The molecule has 1 fully saturated rings. The predicted molar refractivity (Wildman–Crippen MR) is 72.5 cm³/mol. The first kappa shape index (κ1) is 15.2. The maximum Gasteiger partial charge on any atom is 0.305 e. The summed E-state index contributed by atoms with van der Waals surface area (Å²) in [5.41, 5.74) is 0. The number of halogens is 1. The molecule has 21 heavy (non-hydrogen) atoms. The molecule has 1 saturated heterocycles. The summed E-state index contributed by atoms with van der Waals surface area (Å²) in [6.45, 7) is 1.81. The SMILES string of the molecule is O=C(O)CC1C(=O)NCCN1CCOc1ccc(F)cc1. The first-order chi connectivity index (χ1) is 10.1. The summed E-state index contributed by atoms with van der Waals surface area (Å²) in [7, 11) is 0. The van der Waals surface area contributed by atoms with Crippen molar-refractivity contribution >= 4 is 11.9 Å². The number of carbonyl (C=O) groups is 2. The van der Waals surface area contributed by atoms with Crippen LogP contribution in [-0.4, -0.2) is 54.2 Å². The first-order valence-electron chi connectivity index (χ1n) is 6.68. The summed E-state index contributed by atoms with van der Waals surface area (Å²) in [5, 5.41) is 11.5. The number of benzene rings is 1. The number of hydrogen-bond donors (Lipinski definition) is 2. The molecule has 1 amide bonds. The Balaban J connectivity index is 1.86. The number of carbonyl (C=O) groups excluding carboxylic acids is 1. The Morgan fingerprint density at radius 2 is 2.14 bits per heavy atom. The van der Waals surface area contributed by atoms with E-state index in [1.807, 2.05) is 0 Å². The van der Waals surface area contributed by atoms with Gasteiger partial charge in [0.15, 0.2) is 0 Å². The molecule has 1 aliphatic heterocycles. The maximum absolute atomic E-state index is 12.8. The van der Waals surface area contributed by atoms with Crippen LogP contribution in [0.25, 0.3) is 0 Å². The summed E-state index contributed by atoms with van der Waals surface area (Å²) in [5.74, 6) is -1.09. The molecule has 0 bridgehead atoms. The van der Waals surface area contributed by atoms with Crippen LogP contribution in [0.1, 0.15) is 6.42 Å². The number of ether oxygens (including phenoxy) is 1. The molecule has 1 unspecified atom stereocenters. The Morgan fingerprint density at radius 1 is 1.43 bits per heavy atom. The maximum atomic E-state index is 12.8. The van der Waals surface area contributed by atoms with E-state index < -0.39 is 12.0 Å². The van der Waals surface area contributed by atoms with Gasteiger partial charge in [0.1, 0.15) is 18.2 Å². The van der Waals surface area contributed by atoms with Crippen LogP contribution in [0.5, 0.6) is 5.75 Å². The van der Waals surface area contributed by atoms with Crippen molar-refractivity contribution < 1.29 is 23.8 Å². The van der Waals surface area contributed by atoms with E-state index in [0.717, 1.165) is 0 Å². The predicted octanol–water partition coefficient (Wildman–Crippen LogP) is 0.480. The minimum atomic E-state index is -1.01. The second-order valence-corrected chi connectivity index (χ2v) is 4.74. The molecule has 1 aliphatic rings. The first-order valence-corrected chi connectivity index (χ1v) is 6.68. The van der Waals surface area contributed by atoms with Crippen molar-refractivity contribution in [3.63, 3.8) is 0 Å². The van der Waals surface area contributed by atoms with Crippen molar-refractivity contribution in [3.8, 4) is 5.75 Å². The molecule has 7 heteroatoms. The molecule has 1 atom stereocenters. The van der Waals surface area contributed by atoms with Crippen LogP contribution in [0.4, 0.5) is 4.39 Å². The van der Waals surface area contributed by atoms with E-state index in [2.05, 4.69) is 5.32 Å². The highest BCUT2D eigenvalue weighted by molar-refractivity contribution is 5.86. The fourth-order valence-corrected chi connectivity index (χ4v) is 2.23. The van der Waals surface area contributed by atoms with E-state index in [4.69, 9.17) is 9.84 Å². The quantitative estimate of drug-likeness (QED) is 0.798. The summed E-state index contributed by atoms with van der Waals surface area (Å²) in [4.78, 5) is 24.3. The zero-order chi connectivity index (χ0) is 15.2. The molecule has 0 aliphatic carbocycles. The third-order valence-corrected chi connectivity index (χ3v) is 3.27. The highest BCUT2D eigenvalue weighted by Gasteiger charge is 2.31. The minimum Gasteiger partial charge on any atom is -0.492 e. The lowest BCUT2D eigenvalue weighted by Crippen LogP contribution is -2.56. The average Bonchev–Trinajstić information content (AvgIpc) is 2.44. The van der Waals surface area contributed by atoms with Crippen molar-refractivity contribution in [1.82, 2.24) is 10.2 Å². The molecule has 0 radical (unpaired) electrons. The lowest BCUT2D eigenvalue weighted by molar-refractivity contribution is -0.143. The van der Waals surface area contributed by atoms with Gasteiger partial charge in [0.25, 0.3) is 0 Å². The third kappa shape index (κ3) is 4.42. The number of carboxylic acids is 1. The number of carboxylic acid groups (broad SMARTS) is 1. The average molecular weight is 296 g/mol. The fourth-order valence-electron chi connectivity index (χ4n) is 2.23. The van der Waals surface area contributed by atoms with E-state index in [1.54, 1.807) is 4.90 Å². The zero-order valence-electron chi connectivity index (χ0n) is 11.4. The number of nitrogens with zero attached hydrogens (tertiary/aromatic N) is 1. The zero-order valence-corrected chi connectivity index (χ0v) is 11.4. The fraction of sp³-hybridized carbons (Fsp3) is 0.429. The van der Waals surface area contributed by atoms with Crippen LogP contribution < -0.4 is 10.1 Å². The number of piperazine rings is 1. The summed E-state index contributed by atoms with van der Waals surface area (Å²) in [6, 6.07) is 4.97. The second-order valence-electron chi connectivity index (χ2n) is 4.74. The normalized spacial score (nSPS) is 19.1. The van der Waals surface area contributed by atoms with Gasteiger partial charge in [0.2, 0.25) is 5.91 Å². The second kappa shape index (κ2) is 7.03. The van der Waals surface area contributed by atoms with Crippen molar-refractivity contribution in [1.29, 1.82) is 0 Å². The van der Waals surface area contributed by atoms with Crippen LogP contribution in [0, 0.1) is 5.82 Å². The van der Waals surface area contributed by atoms with Crippen molar-refractivity contribution in [3.05, 3.63) is 30.1 Å². The van der Waals surface area contributed by atoms with E-state index >= 15 is 0 Å². The van der Waals surface area contributed by atoms with Gasteiger partial charge in [-0.2, -0.15) is 0 Å². The molecule has 1 heterocycles. The Hall–Kier alpha value is -2.15. The van der Waals surface area contributed by atoms with Gasteiger partial charge in [0, 0.05) is 19.6 Å². The number of rotatable bonds is 6. The smallest absolute Gasteiger partial charge is 0.305 e. The van der Waals surface area contributed by atoms with E-state index in [9.17, 15) is 14.0 Å². The molecule has 1 aromatic rings. The van der Waals surface area contributed by atoms with Gasteiger partial charge in [0.05, 0.1) is 12.5 Å². The highest BCUT2D eigenvalue weighted by atomic mass is 19.1. The minimum absolute atomic E-state index is 0.234. The van der Waals surface area contributed by atoms with Crippen molar-refractivity contribution in [2.24, 2.45) is 0 Å². The number of hydrogen-bond acceptors (Lipinski definition) is 4. The molecule has 0 spiro atoms. The van der Waals surface area contributed by atoms with Gasteiger partial charge in [-0.25, -0.2) is 4.39 Å². The van der Waals surface area contributed by atoms with Crippen LogP contribution in [0.3, 0.4) is 0 Å². The van der Waals surface area contributed by atoms with Gasteiger partial charge in [-0.15, -0.1) is 0 Å². The Kier molecular flexibility index (Phi) is 5.10. The highest BCUT2D eigenvalue weighted by Crippen LogP contribution is 2.12. The number of nitrogens with one attached hydrogen (secondary N) is 1. The molecular formula is C14H17FN2O4. The molecular weight excluding hydrogens is 279 g/mol. The molecule has 1 aromatic carbocycles. The summed E-state index contributed by atoms with van der Waals surface area (Å²) in [6.07, 6.45) is -0.234. The van der Waals surface area contributed by atoms with E-state index in [-0.39, 0.29) is 18.1 Å². The lowest BCUT2D eigenvalue weighted by Gasteiger charge is -2.33. The Bertz CT molecular complexity index is 506. The summed E-state index contributed by atoms with van der Waals surface area (Å²) >= 11 is 0. The molecule has 2 N–H and O–H groups in total. The van der Waals surface area contributed by atoms with Crippen LogP contribution in [0.2, 0.25) is 0 Å². The largest absolute Gasteiger partial charge is 0.492 e. The Morgan fingerprint density at radius 3 is 2.81 bits per heavy atom. The molecule has 114 valence electrons. The van der Waals surface area contributed by atoms with E-state index in [1.165, 1.54) is 24.3 Å². The van der Waals surface area contributed by atoms with Gasteiger partial charge in [-0.1, -0.05) is 0 Å². The van der Waals surface area contributed by atoms with Gasteiger partial charge in [-0.05, 0) is 24.3 Å². The van der Waals surface area contributed by atoms with Gasteiger partial charge >= 0.3 is 5.97 Å². The van der Waals surface area contributed by atoms with Crippen LogP contribution in [-0.2, 0) is 9.59 Å². The lowest BCUT2D eigenvalue weighted by atomic mass is 10.1. The molecule has 2 rings (SSSR count). The molecule has 6 nitrogen and oxygen atoms in total. The summed E-state index contributed by atoms with van der Waals surface area (Å²) < 4.78 is 18.2. The van der Waals surface area contributed by atoms with Gasteiger partial charge in [-0.3, -0.25) is 14.5 Å². The monoisotopic (exact) mass is 296 g/mol. The Labute approximate surface area is 121 Å². The van der Waals surface area contributed by atoms with Crippen LogP contribution >= 0.6 is 0 Å².